The first-order chi connectivity index (χ1) is 12.2. The van der Waals surface area contributed by atoms with Gasteiger partial charge in [-0.1, -0.05) is 30.3 Å². The minimum Gasteiger partial charge on any atom is -0.366 e. The maximum atomic E-state index is 11.3. The van der Waals surface area contributed by atoms with Gasteiger partial charge in [-0.15, -0.1) is 24.0 Å². The van der Waals surface area contributed by atoms with Crippen LogP contribution in [0, 0.1) is 0 Å². The quantitative estimate of drug-likeness (QED) is 0.410. The zero-order valence-corrected chi connectivity index (χ0v) is 17.1. The molecule has 3 rings (SSSR count). The lowest BCUT2D eigenvalue weighted by Crippen LogP contribution is -2.40. The minimum absolute atomic E-state index is 0. The zero-order valence-electron chi connectivity index (χ0n) is 14.7. The molecule has 0 atom stereocenters. The Bertz CT molecular complexity index is 742. The van der Waals surface area contributed by atoms with E-state index in [0.29, 0.717) is 12.1 Å². The minimum atomic E-state index is -0.413. The molecule has 1 heterocycles. The highest BCUT2D eigenvalue weighted by atomic mass is 127. The molecule has 0 radical (unpaired) electrons. The van der Waals surface area contributed by atoms with Gasteiger partial charge in [0.15, 0.2) is 5.96 Å². The van der Waals surface area contributed by atoms with Gasteiger partial charge in [-0.2, -0.15) is 0 Å². The normalized spacial score (nSPS) is 14.5. The lowest BCUT2D eigenvalue weighted by atomic mass is 10.1. The number of nitrogens with two attached hydrogens (primary N) is 1. The molecule has 2 aromatic carbocycles. The van der Waals surface area contributed by atoms with Crippen LogP contribution >= 0.6 is 24.0 Å². The van der Waals surface area contributed by atoms with E-state index in [1.54, 1.807) is 6.07 Å². The number of anilines is 1. The Morgan fingerprint density at radius 1 is 1.04 bits per heavy atom. The molecule has 2 aromatic rings. The van der Waals surface area contributed by atoms with Gasteiger partial charge in [0, 0.05) is 24.3 Å². The van der Waals surface area contributed by atoms with Crippen molar-refractivity contribution in [2.75, 3.05) is 18.4 Å². The molecule has 1 saturated heterocycles. The number of likely N-dealkylation sites (tertiary alicyclic amines) is 1. The van der Waals surface area contributed by atoms with E-state index in [1.807, 2.05) is 48.5 Å². The van der Waals surface area contributed by atoms with Crippen LogP contribution in [0.4, 0.5) is 5.69 Å². The van der Waals surface area contributed by atoms with Gasteiger partial charge in [-0.3, -0.25) is 4.79 Å². The van der Waals surface area contributed by atoms with E-state index in [2.05, 4.69) is 10.2 Å². The summed E-state index contributed by atoms with van der Waals surface area (Å²) in [4.78, 5) is 18.4. The summed E-state index contributed by atoms with van der Waals surface area (Å²) in [5.41, 5.74) is 7.88. The van der Waals surface area contributed by atoms with Crippen LogP contribution in [0.15, 0.2) is 59.6 Å². The van der Waals surface area contributed by atoms with E-state index in [9.17, 15) is 4.79 Å². The molecule has 6 heteroatoms. The molecule has 0 bridgehead atoms. The van der Waals surface area contributed by atoms with Gasteiger partial charge in [0.1, 0.15) is 0 Å². The molecule has 0 saturated carbocycles. The van der Waals surface area contributed by atoms with E-state index < -0.39 is 5.91 Å². The van der Waals surface area contributed by atoms with Crippen LogP contribution < -0.4 is 11.1 Å². The molecule has 5 nitrogen and oxygen atoms in total. The van der Waals surface area contributed by atoms with E-state index in [4.69, 9.17) is 10.7 Å². The molecule has 1 aliphatic heterocycles. The Kier molecular flexibility index (Phi) is 7.90. The number of piperidine rings is 1. The van der Waals surface area contributed by atoms with Crippen molar-refractivity contribution in [3.8, 4) is 0 Å². The topological polar surface area (TPSA) is 70.7 Å². The van der Waals surface area contributed by atoms with Crippen LogP contribution in [0.2, 0.25) is 0 Å². The lowest BCUT2D eigenvalue weighted by Gasteiger charge is -2.30. The summed E-state index contributed by atoms with van der Waals surface area (Å²) in [5, 5.41) is 3.44. The van der Waals surface area contributed by atoms with E-state index >= 15 is 0 Å². The third-order valence-corrected chi connectivity index (χ3v) is 4.31. The third kappa shape index (κ3) is 5.72. The van der Waals surface area contributed by atoms with Gasteiger partial charge in [-0.25, -0.2) is 4.99 Å². The van der Waals surface area contributed by atoms with Crippen molar-refractivity contribution in [2.24, 2.45) is 10.7 Å². The summed E-state index contributed by atoms with van der Waals surface area (Å²) in [6, 6.07) is 17.4. The number of carbonyl (C=O) groups excluding carboxylic acids is 1. The monoisotopic (exact) mass is 464 g/mol. The number of nitrogens with zero attached hydrogens (tertiary/aromatic N) is 2. The van der Waals surface area contributed by atoms with Crippen LogP contribution in [-0.2, 0) is 6.54 Å². The fourth-order valence-electron chi connectivity index (χ4n) is 2.96. The Balaban J connectivity index is 0.00000243. The third-order valence-electron chi connectivity index (χ3n) is 4.31. The van der Waals surface area contributed by atoms with Crippen LogP contribution in [0.5, 0.6) is 0 Å². The van der Waals surface area contributed by atoms with Gasteiger partial charge in [0.2, 0.25) is 5.91 Å². The molecule has 3 N–H and O–H groups in total. The molecule has 0 aromatic heterocycles. The maximum absolute atomic E-state index is 11.3. The van der Waals surface area contributed by atoms with Gasteiger partial charge in [0.05, 0.1) is 6.54 Å². The summed E-state index contributed by atoms with van der Waals surface area (Å²) in [7, 11) is 0. The summed E-state index contributed by atoms with van der Waals surface area (Å²) in [6.07, 6.45) is 3.65. The number of nitrogens with one attached hydrogen (secondary N) is 1. The maximum Gasteiger partial charge on any atom is 0.248 e. The van der Waals surface area contributed by atoms with Crippen molar-refractivity contribution >= 4 is 41.5 Å². The number of rotatable bonds is 4. The van der Waals surface area contributed by atoms with Crippen molar-refractivity contribution < 1.29 is 4.79 Å². The van der Waals surface area contributed by atoms with Crippen molar-refractivity contribution in [2.45, 2.75) is 25.8 Å². The predicted molar refractivity (Wildman–Crippen MR) is 117 cm³/mol. The van der Waals surface area contributed by atoms with Crippen molar-refractivity contribution in [3.63, 3.8) is 0 Å². The number of hydrogen-bond donors (Lipinski definition) is 2. The highest BCUT2D eigenvalue weighted by Crippen LogP contribution is 2.14. The number of para-hydroxylation sites is 1. The van der Waals surface area contributed by atoms with Crippen LogP contribution in [0.3, 0.4) is 0 Å². The van der Waals surface area contributed by atoms with Crippen molar-refractivity contribution in [3.05, 3.63) is 65.7 Å². The second-order valence-electron chi connectivity index (χ2n) is 6.24. The molecular weight excluding hydrogens is 439 g/mol. The number of primary amides is 1. The summed E-state index contributed by atoms with van der Waals surface area (Å²) in [5.74, 6) is 0.472. The first-order valence-electron chi connectivity index (χ1n) is 8.72. The molecule has 0 aliphatic carbocycles. The highest BCUT2D eigenvalue weighted by Gasteiger charge is 2.15. The summed E-state index contributed by atoms with van der Waals surface area (Å²) < 4.78 is 0. The van der Waals surface area contributed by atoms with Crippen LogP contribution in [0.1, 0.15) is 35.2 Å². The number of halogens is 1. The van der Waals surface area contributed by atoms with Gasteiger partial charge in [-0.05, 0) is 49.1 Å². The molecule has 26 heavy (non-hydrogen) atoms. The van der Waals surface area contributed by atoms with E-state index in [1.165, 1.54) is 19.3 Å². The number of benzene rings is 2. The molecule has 1 aliphatic rings. The van der Waals surface area contributed by atoms with Crippen molar-refractivity contribution in [1.29, 1.82) is 0 Å². The van der Waals surface area contributed by atoms with E-state index in [-0.39, 0.29) is 24.0 Å². The summed E-state index contributed by atoms with van der Waals surface area (Å²) >= 11 is 0. The van der Waals surface area contributed by atoms with Gasteiger partial charge < -0.3 is 16.0 Å². The largest absolute Gasteiger partial charge is 0.366 e. The molecule has 0 spiro atoms. The first kappa shape index (κ1) is 20.2. The zero-order chi connectivity index (χ0) is 17.5. The molecule has 138 valence electrons. The molecular formula is C20H25IN4O. The van der Waals surface area contributed by atoms with E-state index in [0.717, 1.165) is 30.3 Å². The lowest BCUT2D eigenvalue weighted by molar-refractivity contribution is 0.1000. The second-order valence-corrected chi connectivity index (χ2v) is 6.24. The second kappa shape index (κ2) is 10.2. The first-order valence-corrected chi connectivity index (χ1v) is 8.72. The Morgan fingerprint density at radius 2 is 1.77 bits per heavy atom. The number of aliphatic imine (C=N–C) groups is 1. The molecule has 1 fully saturated rings. The van der Waals surface area contributed by atoms with Gasteiger partial charge >= 0.3 is 0 Å². The number of carbonyl (C=O) groups is 1. The highest BCUT2D eigenvalue weighted by molar-refractivity contribution is 14.0. The average Bonchev–Trinajstić information content (AvgIpc) is 2.67. The average molecular weight is 464 g/mol. The SMILES string of the molecule is I.NC(=O)c1cccc(CN=C(Nc2ccccc2)N2CCCCC2)c1. The summed E-state index contributed by atoms with van der Waals surface area (Å²) in [6.45, 7) is 2.53. The standard InChI is InChI=1S/C20H24N4O.HI/c21-19(25)17-9-7-8-16(14-17)15-22-20(24-12-5-2-6-13-24)23-18-10-3-1-4-11-18;/h1,3-4,7-11,14H,2,5-6,12-13,15H2,(H2,21,25)(H,22,23);1H. The smallest absolute Gasteiger partial charge is 0.248 e. The Hall–Kier alpha value is -2.09. The van der Waals surface area contributed by atoms with Crippen LogP contribution in [0.25, 0.3) is 0 Å². The van der Waals surface area contributed by atoms with Gasteiger partial charge in [0.25, 0.3) is 0 Å². The van der Waals surface area contributed by atoms with Crippen molar-refractivity contribution in [1.82, 2.24) is 4.90 Å². The number of hydrogen-bond acceptors (Lipinski definition) is 2. The fraction of sp³-hybridized carbons (Fsp3) is 0.300. The number of guanidine groups is 1. The Morgan fingerprint density at radius 3 is 2.46 bits per heavy atom. The van der Waals surface area contributed by atoms with Crippen LogP contribution in [-0.4, -0.2) is 29.9 Å². The Labute approximate surface area is 171 Å². The number of amides is 1. The fourth-order valence-corrected chi connectivity index (χ4v) is 2.96. The molecule has 0 unspecified atom stereocenters. The predicted octanol–water partition coefficient (Wildman–Crippen LogP) is 3.86. The molecule has 1 amide bonds.